The Morgan fingerprint density at radius 3 is 2.46 bits per heavy atom. The third-order valence-corrected chi connectivity index (χ3v) is 3.86. The number of benzene rings is 1. The molecule has 2 aromatic rings. The topological polar surface area (TPSA) is 71.8 Å². The van der Waals surface area contributed by atoms with Gasteiger partial charge in [0.05, 0.1) is 29.7 Å². The molecule has 2 heterocycles. The predicted molar refractivity (Wildman–Crippen MR) is 89.0 cm³/mol. The predicted octanol–water partition coefficient (Wildman–Crippen LogP) is 2.78. The van der Waals surface area contributed by atoms with E-state index < -0.39 is 0 Å². The Morgan fingerprint density at radius 1 is 1.08 bits per heavy atom. The molecule has 0 spiro atoms. The maximum absolute atomic E-state index is 12.9. The minimum Gasteiger partial charge on any atom is -0.459 e. The summed E-state index contributed by atoms with van der Waals surface area (Å²) in [6, 6.07) is 10.2. The SMILES string of the molecule is C[C@@H]1CN(C(=O)c2ccccc2NC(=O)c2ccco2)C[C@H](C)O1. The maximum atomic E-state index is 12.9. The van der Waals surface area contributed by atoms with Gasteiger partial charge in [-0.05, 0) is 38.1 Å². The molecule has 126 valence electrons. The zero-order valence-electron chi connectivity index (χ0n) is 13.7. The number of anilines is 1. The van der Waals surface area contributed by atoms with Gasteiger partial charge in [0, 0.05) is 13.1 Å². The van der Waals surface area contributed by atoms with Crippen LogP contribution in [0.2, 0.25) is 0 Å². The maximum Gasteiger partial charge on any atom is 0.291 e. The van der Waals surface area contributed by atoms with E-state index in [2.05, 4.69) is 5.32 Å². The summed E-state index contributed by atoms with van der Waals surface area (Å²) in [7, 11) is 0. The fourth-order valence-corrected chi connectivity index (χ4v) is 2.88. The highest BCUT2D eigenvalue weighted by Gasteiger charge is 2.28. The van der Waals surface area contributed by atoms with E-state index in [0.29, 0.717) is 24.3 Å². The number of hydrogen-bond donors (Lipinski definition) is 1. The first kappa shape index (κ1) is 16.3. The lowest BCUT2D eigenvalue weighted by atomic mass is 10.1. The van der Waals surface area contributed by atoms with Crippen molar-refractivity contribution in [2.75, 3.05) is 18.4 Å². The number of nitrogens with zero attached hydrogens (tertiary/aromatic N) is 1. The summed E-state index contributed by atoms with van der Waals surface area (Å²) < 4.78 is 10.8. The minimum atomic E-state index is -0.385. The monoisotopic (exact) mass is 328 g/mol. The molecular formula is C18H20N2O4. The van der Waals surface area contributed by atoms with Gasteiger partial charge in [0.1, 0.15) is 0 Å². The van der Waals surface area contributed by atoms with Gasteiger partial charge in [-0.1, -0.05) is 12.1 Å². The Hall–Kier alpha value is -2.60. The molecule has 0 radical (unpaired) electrons. The number of carbonyl (C=O) groups excluding carboxylic acids is 2. The summed E-state index contributed by atoms with van der Waals surface area (Å²) >= 11 is 0. The molecule has 6 nitrogen and oxygen atoms in total. The largest absolute Gasteiger partial charge is 0.459 e. The Kier molecular flexibility index (Phi) is 4.66. The summed E-state index contributed by atoms with van der Waals surface area (Å²) in [5, 5.41) is 2.74. The van der Waals surface area contributed by atoms with Crippen molar-refractivity contribution >= 4 is 17.5 Å². The van der Waals surface area contributed by atoms with Crippen LogP contribution in [0.15, 0.2) is 47.1 Å². The van der Waals surface area contributed by atoms with Crippen LogP contribution in [0, 0.1) is 0 Å². The van der Waals surface area contributed by atoms with Crippen molar-refractivity contribution in [3.05, 3.63) is 54.0 Å². The van der Waals surface area contributed by atoms with Crippen LogP contribution in [0.1, 0.15) is 34.8 Å². The number of furan rings is 1. The summed E-state index contributed by atoms with van der Waals surface area (Å²) in [6.07, 6.45) is 1.41. The molecule has 1 saturated heterocycles. The van der Waals surface area contributed by atoms with Gasteiger partial charge in [-0.25, -0.2) is 0 Å². The molecular weight excluding hydrogens is 308 g/mol. The molecule has 2 amide bonds. The van der Waals surface area contributed by atoms with Crippen LogP contribution in [0.4, 0.5) is 5.69 Å². The van der Waals surface area contributed by atoms with Crippen molar-refractivity contribution in [1.29, 1.82) is 0 Å². The second kappa shape index (κ2) is 6.88. The lowest BCUT2D eigenvalue weighted by Gasteiger charge is -2.35. The van der Waals surface area contributed by atoms with Crippen LogP contribution in [0.3, 0.4) is 0 Å². The molecule has 3 rings (SSSR count). The van der Waals surface area contributed by atoms with Crippen LogP contribution in [0.25, 0.3) is 0 Å². The summed E-state index contributed by atoms with van der Waals surface area (Å²) in [4.78, 5) is 26.8. The Bertz CT molecular complexity index is 716. The number of ether oxygens (including phenoxy) is 1. The van der Waals surface area contributed by atoms with Gasteiger partial charge < -0.3 is 19.4 Å². The summed E-state index contributed by atoms with van der Waals surface area (Å²) in [5.74, 6) is -0.304. The van der Waals surface area contributed by atoms with E-state index in [-0.39, 0.29) is 29.8 Å². The van der Waals surface area contributed by atoms with E-state index in [4.69, 9.17) is 9.15 Å². The Morgan fingerprint density at radius 2 is 1.79 bits per heavy atom. The zero-order chi connectivity index (χ0) is 17.1. The highest BCUT2D eigenvalue weighted by Crippen LogP contribution is 2.21. The average Bonchev–Trinajstić information content (AvgIpc) is 3.08. The molecule has 1 aliphatic heterocycles. The molecule has 0 bridgehead atoms. The first-order chi connectivity index (χ1) is 11.5. The van der Waals surface area contributed by atoms with Crippen molar-refractivity contribution in [2.24, 2.45) is 0 Å². The number of nitrogens with one attached hydrogen (secondary N) is 1. The molecule has 6 heteroatoms. The number of para-hydroxylation sites is 1. The Balaban J connectivity index is 1.81. The van der Waals surface area contributed by atoms with Gasteiger partial charge in [-0.3, -0.25) is 9.59 Å². The fourth-order valence-electron chi connectivity index (χ4n) is 2.88. The number of hydrogen-bond acceptors (Lipinski definition) is 4. The molecule has 0 saturated carbocycles. The highest BCUT2D eigenvalue weighted by molar-refractivity contribution is 6.07. The molecule has 2 atom stereocenters. The zero-order valence-corrected chi connectivity index (χ0v) is 13.7. The van der Waals surface area contributed by atoms with E-state index in [1.807, 2.05) is 13.8 Å². The molecule has 1 aliphatic rings. The Labute approximate surface area is 140 Å². The number of morpholine rings is 1. The van der Waals surface area contributed by atoms with Crippen molar-refractivity contribution in [1.82, 2.24) is 4.90 Å². The summed E-state index contributed by atoms with van der Waals surface area (Å²) in [5.41, 5.74) is 0.925. The lowest BCUT2D eigenvalue weighted by Crippen LogP contribution is -2.48. The van der Waals surface area contributed by atoms with Crippen molar-refractivity contribution < 1.29 is 18.7 Å². The van der Waals surface area contributed by atoms with E-state index in [0.717, 1.165) is 0 Å². The van der Waals surface area contributed by atoms with E-state index in [1.54, 1.807) is 41.3 Å². The normalized spacial score (nSPS) is 20.7. The van der Waals surface area contributed by atoms with Crippen LogP contribution in [-0.4, -0.2) is 42.0 Å². The van der Waals surface area contributed by atoms with E-state index in [9.17, 15) is 9.59 Å². The molecule has 0 unspecified atom stereocenters. The van der Waals surface area contributed by atoms with Gasteiger partial charge in [-0.15, -0.1) is 0 Å². The lowest BCUT2D eigenvalue weighted by molar-refractivity contribution is -0.0585. The van der Waals surface area contributed by atoms with Crippen LogP contribution in [-0.2, 0) is 4.74 Å². The third-order valence-electron chi connectivity index (χ3n) is 3.86. The fraction of sp³-hybridized carbons (Fsp3) is 0.333. The molecule has 0 aliphatic carbocycles. The van der Waals surface area contributed by atoms with Gasteiger partial charge in [0.25, 0.3) is 11.8 Å². The van der Waals surface area contributed by atoms with Crippen molar-refractivity contribution in [3.63, 3.8) is 0 Å². The highest BCUT2D eigenvalue weighted by atomic mass is 16.5. The molecule has 1 fully saturated rings. The standard InChI is InChI=1S/C18H20N2O4/c1-12-10-20(11-13(2)24-12)18(22)14-6-3-4-7-15(14)19-17(21)16-8-5-9-23-16/h3-9,12-13H,10-11H2,1-2H3,(H,19,21)/t12-,13+. The number of amides is 2. The van der Waals surface area contributed by atoms with Gasteiger partial charge in [0.15, 0.2) is 5.76 Å². The molecule has 1 aromatic carbocycles. The van der Waals surface area contributed by atoms with E-state index in [1.165, 1.54) is 6.26 Å². The molecule has 24 heavy (non-hydrogen) atoms. The second-order valence-electron chi connectivity index (χ2n) is 5.94. The first-order valence-corrected chi connectivity index (χ1v) is 7.93. The first-order valence-electron chi connectivity index (χ1n) is 7.93. The smallest absolute Gasteiger partial charge is 0.291 e. The second-order valence-corrected chi connectivity index (χ2v) is 5.94. The van der Waals surface area contributed by atoms with Crippen LogP contribution < -0.4 is 5.32 Å². The van der Waals surface area contributed by atoms with Gasteiger partial charge in [-0.2, -0.15) is 0 Å². The molecule has 1 aromatic heterocycles. The summed E-state index contributed by atoms with van der Waals surface area (Å²) in [6.45, 7) is 4.95. The van der Waals surface area contributed by atoms with E-state index >= 15 is 0 Å². The van der Waals surface area contributed by atoms with Crippen molar-refractivity contribution in [3.8, 4) is 0 Å². The minimum absolute atomic E-state index is 0.0115. The van der Waals surface area contributed by atoms with Gasteiger partial charge in [0.2, 0.25) is 0 Å². The van der Waals surface area contributed by atoms with Gasteiger partial charge >= 0.3 is 0 Å². The van der Waals surface area contributed by atoms with Crippen LogP contribution in [0.5, 0.6) is 0 Å². The number of rotatable bonds is 3. The quantitative estimate of drug-likeness (QED) is 0.940. The van der Waals surface area contributed by atoms with Crippen LogP contribution >= 0.6 is 0 Å². The number of carbonyl (C=O) groups is 2. The average molecular weight is 328 g/mol. The van der Waals surface area contributed by atoms with Crippen molar-refractivity contribution in [2.45, 2.75) is 26.1 Å². The third kappa shape index (κ3) is 3.49. The molecule has 1 N–H and O–H groups in total.